The molecule has 1 heterocycles. The average Bonchev–Trinajstić information content (AvgIpc) is 3.15. The molecule has 0 unspecified atom stereocenters. The molecule has 7 nitrogen and oxygen atoms in total. The highest BCUT2D eigenvalue weighted by Gasteiger charge is 2.28. The zero-order valence-electron chi connectivity index (χ0n) is 19.3. The van der Waals surface area contributed by atoms with E-state index in [0.717, 1.165) is 22.5 Å². The van der Waals surface area contributed by atoms with E-state index in [2.05, 4.69) is 10.6 Å². The smallest absolute Gasteiger partial charge is 0.303 e. The molecule has 35 heavy (non-hydrogen) atoms. The number of halogens is 1. The van der Waals surface area contributed by atoms with Gasteiger partial charge in [-0.05, 0) is 60.0 Å². The summed E-state index contributed by atoms with van der Waals surface area (Å²) in [6.07, 6.45) is 0.381. The van der Waals surface area contributed by atoms with E-state index in [1.165, 1.54) is 6.92 Å². The van der Waals surface area contributed by atoms with E-state index in [1.54, 1.807) is 30.1 Å². The predicted molar refractivity (Wildman–Crippen MR) is 138 cm³/mol. The highest BCUT2D eigenvalue weighted by atomic mass is 35.5. The highest BCUT2D eigenvalue weighted by molar-refractivity contribution is 6.38. The molecule has 0 saturated heterocycles. The van der Waals surface area contributed by atoms with E-state index in [4.69, 9.17) is 16.7 Å². The molecule has 178 valence electrons. The Morgan fingerprint density at radius 1 is 1.06 bits per heavy atom. The van der Waals surface area contributed by atoms with Crippen LogP contribution in [0.4, 0.5) is 17.1 Å². The minimum absolute atomic E-state index is 0.00966. The van der Waals surface area contributed by atoms with E-state index in [0.29, 0.717) is 34.0 Å². The van der Waals surface area contributed by atoms with E-state index < -0.39 is 5.97 Å². The number of aliphatic carboxylic acids is 1. The molecule has 0 aromatic heterocycles. The van der Waals surface area contributed by atoms with Gasteiger partial charge < -0.3 is 20.6 Å². The maximum Gasteiger partial charge on any atom is 0.303 e. The topological polar surface area (TPSA) is 98.7 Å². The molecule has 3 N–H and O–H groups in total. The fraction of sp³-hybridized carbons (Fsp3) is 0.148. The van der Waals surface area contributed by atoms with Crippen LogP contribution in [0.15, 0.2) is 66.7 Å². The van der Waals surface area contributed by atoms with Crippen LogP contribution in [0.3, 0.4) is 0 Å². The van der Waals surface area contributed by atoms with Crippen molar-refractivity contribution in [2.75, 3.05) is 22.6 Å². The lowest BCUT2D eigenvalue weighted by Gasteiger charge is -2.18. The molecule has 3 aromatic carbocycles. The van der Waals surface area contributed by atoms with Crippen LogP contribution in [0.1, 0.15) is 30.0 Å². The normalized spacial score (nSPS) is 13.6. The van der Waals surface area contributed by atoms with Crippen LogP contribution in [0.5, 0.6) is 0 Å². The lowest BCUT2D eigenvalue weighted by Crippen LogP contribution is -2.22. The zero-order valence-corrected chi connectivity index (χ0v) is 20.0. The third kappa shape index (κ3) is 5.36. The molecule has 0 fully saturated rings. The van der Waals surface area contributed by atoms with Crippen LogP contribution in [-0.4, -0.2) is 29.9 Å². The number of rotatable bonds is 7. The van der Waals surface area contributed by atoms with Gasteiger partial charge in [0.25, 0.3) is 5.91 Å². The van der Waals surface area contributed by atoms with Crippen molar-refractivity contribution in [3.05, 3.63) is 88.4 Å². The van der Waals surface area contributed by atoms with Crippen LogP contribution in [-0.2, 0) is 20.8 Å². The highest BCUT2D eigenvalue weighted by Crippen LogP contribution is 2.39. The van der Waals surface area contributed by atoms with Crippen LogP contribution < -0.4 is 15.5 Å². The van der Waals surface area contributed by atoms with Gasteiger partial charge in [0, 0.05) is 42.4 Å². The standard InChI is InChI=1S/C27H24ClN3O4/c1-16(32)31(2)21-10-8-20(9-11-21)29-26(18-5-3-4-17(14-18)6-13-24(33)34)25-22-12-7-19(28)15-23(22)30-27(25)35/h3-5,7-12,14-15,29H,6,13H2,1-2H3,(H,30,35)(H,33,34). The molecule has 0 saturated carbocycles. The van der Waals surface area contributed by atoms with Gasteiger partial charge in [0.05, 0.1) is 17.0 Å². The number of amides is 2. The van der Waals surface area contributed by atoms with Gasteiger partial charge in [-0.1, -0.05) is 35.9 Å². The molecule has 0 atom stereocenters. The molecule has 8 heteroatoms. The van der Waals surface area contributed by atoms with Gasteiger partial charge in [0.2, 0.25) is 5.91 Å². The summed E-state index contributed by atoms with van der Waals surface area (Å²) in [7, 11) is 1.70. The summed E-state index contributed by atoms with van der Waals surface area (Å²) in [4.78, 5) is 37.4. The van der Waals surface area contributed by atoms with Gasteiger partial charge in [-0.25, -0.2) is 0 Å². The summed E-state index contributed by atoms with van der Waals surface area (Å²) in [5, 5.41) is 15.8. The van der Waals surface area contributed by atoms with Crippen LogP contribution in [0.25, 0.3) is 11.3 Å². The fourth-order valence-electron chi connectivity index (χ4n) is 3.90. The summed E-state index contributed by atoms with van der Waals surface area (Å²) < 4.78 is 0. The third-order valence-electron chi connectivity index (χ3n) is 5.82. The maximum atomic E-state index is 13.1. The van der Waals surface area contributed by atoms with E-state index >= 15 is 0 Å². The van der Waals surface area contributed by atoms with Crippen molar-refractivity contribution in [1.82, 2.24) is 0 Å². The number of nitrogens with zero attached hydrogens (tertiary/aromatic N) is 1. The lowest BCUT2D eigenvalue weighted by molar-refractivity contribution is -0.137. The first-order chi connectivity index (χ1) is 16.7. The number of hydrogen-bond donors (Lipinski definition) is 3. The molecule has 4 rings (SSSR count). The van der Waals surface area contributed by atoms with E-state index in [9.17, 15) is 14.4 Å². The second-order valence-corrected chi connectivity index (χ2v) is 8.67. The van der Waals surface area contributed by atoms with Crippen LogP contribution in [0, 0.1) is 0 Å². The quantitative estimate of drug-likeness (QED) is 0.392. The number of hydrogen-bond acceptors (Lipinski definition) is 4. The predicted octanol–water partition coefficient (Wildman–Crippen LogP) is 5.27. The number of nitrogens with one attached hydrogen (secondary N) is 2. The SMILES string of the molecule is CC(=O)N(C)c1ccc(NC(=C2C(=O)Nc3cc(Cl)ccc32)c2cccc(CCC(=O)O)c2)cc1. The second-order valence-electron chi connectivity index (χ2n) is 8.24. The summed E-state index contributed by atoms with van der Waals surface area (Å²) in [6, 6.07) is 20.0. The Labute approximate surface area is 208 Å². The number of fused-ring (bicyclic) bond motifs is 1. The summed E-state index contributed by atoms with van der Waals surface area (Å²) in [5.41, 5.74) is 5.42. The van der Waals surface area contributed by atoms with Gasteiger partial charge in [-0.2, -0.15) is 0 Å². The summed E-state index contributed by atoms with van der Waals surface area (Å²) in [5.74, 6) is -1.22. The maximum absolute atomic E-state index is 13.1. The Bertz CT molecular complexity index is 1350. The number of carboxylic acids is 1. The first kappa shape index (κ1) is 24.0. The minimum atomic E-state index is -0.872. The Morgan fingerprint density at radius 3 is 2.49 bits per heavy atom. The fourth-order valence-corrected chi connectivity index (χ4v) is 4.07. The molecule has 0 bridgehead atoms. The average molecular weight is 490 g/mol. The van der Waals surface area contributed by atoms with E-state index in [1.807, 2.05) is 48.5 Å². The minimum Gasteiger partial charge on any atom is -0.481 e. The Hall–Kier alpha value is -4.10. The molecule has 0 spiro atoms. The first-order valence-electron chi connectivity index (χ1n) is 11.0. The van der Waals surface area contributed by atoms with Gasteiger partial charge in [0.1, 0.15) is 0 Å². The lowest BCUT2D eigenvalue weighted by atomic mass is 9.97. The van der Waals surface area contributed by atoms with Crippen molar-refractivity contribution in [2.45, 2.75) is 19.8 Å². The Morgan fingerprint density at radius 2 is 1.80 bits per heavy atom. The number of anilines is 3. The molecule has 3 aromatic rings. The zero-order chi connectivity index (χ0) is 25.1. The van der Waals surface area contributed by atoms with Gasteiger partial charge >= 0.3 is 5.97 Å². The molecule has 0 aliphatic carbocycles. The Kier molecular flexibility index (Phi) is 6.89. The summed E-state index contributed by atoms with van der Waals surface area (Å²) in [6.45, 7) is 1.49. The van der Waals surface area contributed by atoms with Gasteiger partial charge in [0.15, 0.2) is 0 Å². The van der Waals surface area contributed by atoms with Crippen molar-refractivity contribution in [1.29, 1.82) is 0 Å². The molecule has 1 aliphatic rings. The molecular weight excluding hydrogens is 466 g/mol. The second kappa shape index (κ2) is 10.0. The number of carbonyl (C=O) groups excluding carboxylic acids is 2. The summed E-state index contributed by atoms with van der Waals surface area (Å²) >= 11 is 6.13. The van der Waals surface area contributed by atoms with Crippen molar-refractivity contribution in [3.63, 3.8) is 0 Å². The van der Waals surface area contributed by atoms with Gasteiger partial charge in [-0.3, -0.25) is 14.4 Å². The third-order valence-corrected chi connectivity index (χ3v) is 6.05. The van der Waals surface area contributed by atoms with Crippen molar-refractivity contribution in [3.8, 4) is 0 Å². The molecule has 1 aliphatic heterocycles. The molecule has 2 amide bonds. The van der Waals surface area contributed by atoms with Crippen molar-refractivity contribution < 1.29 is 19.5 Å². The number of carboxylic acid groups (broad SMARTS) is 1. The number of carbonyl (C=O) groups is 3. The number of benzene rings is 3. The van der Waals surface area contributed by atoms with E-state index in [-0.39, 0.29) is 18.2 Å². The monoisotopic (exact) mass is 489 g/mol. The van der Waals surface area contributed by atoms with Crippen LogP contribution in [0.2, 0.25) is 5.02 Å². The number of aryl methyl sites for hydroxylation is 1. The largest absolute Gasteiger partial charge is 0.481 e. The van der Waals surface area contributed by atoms with Gasteiger partial charge in [-0.15, -0.1) is 0 Å². The molecular formula is C27H24ClN3O4. The Balaban J connectivity index is 1.80. The van der Waals surface area contributed by atoms with Crippen molar-refractivity contribution in [2.24, 2.45) is 0 Å². The van der Waals surface area contributed by atoms with Crippen LogP contribution >= 0.6 is 11.6 Å². The first-order valence-corrected chi connectivity index (χ1v) is 11.4. The molecule has 0 radical (unpaired) electrons. The van der Waals surface area contributed by atoms with Crippen molar-refractivity contribution >= 4 is 57.7 Å².